The summed E-state index contributed by atoms with van der Waals surface area (Å²) in [7, 11) is 3.27. The number of methoxy groups -OCH3 is 2. The zero-order valence-electron chi connectivity index (χ0n) is 24.1. The molecule has 2 fully saturated rings. The molecule has 1 aromatic heterocycles. The van der Waals surface area contributed by atoms with Crippen LogP contribution < -0.4 is 9.47 Å². The Morgan fingerprint density at radius 1 is 1.02 bits per heavy atom. The number of hydrogen-bond donors (Lipinski definition) is 0. The third-order valence-corrected chi connectivity index (χ3v) is 9.12. The zero-order chi connectivity index (χ0) is 28.2. The zero-order valence-corrected chi connectivity index (χ0v) is 24.9. The number of benzene rings is 2. The van der Waals surface area contributed by atoms with Crippen LogP contribution in [0.5, 0.6) is 11.5 Å². The molecule has 3 aromatic rings. The Hall–Kier alpha value is -3.07. The molecule has 2 aromatic carbocycles. The van der Waals surface area contributed by atoms with E-state index >= 15 is 0 Å². The van der Waals surface area contributed by atoms with E-state index in [0.29, 0.717) is 30.4 Å². The molecule has 7 nitrogen and oxygen atoms in total. The summed E-state index contributed by atoms with van der Waals surface area (Å²) in [5, 5.41) is 0. The Balaban J connectivity index is 1.23. The standard InChI is InChI=1S/C32H39N3O4S/c1-21-9-6-13-28(37-4)31(21)32(36)34-18-29(38-5)30(19-34)39-25-11-7-10-24(17-25)20-40-35-16-8-12-27(35)26-15-14-22(2)33-23(26)3/h6-7,9-11,13-15,17,27,29-30H,8,12,16,18-20H2,1-5H3. The molecule has 0 spiro atoms. The first-order chi connectivity index (χ1) is 19.4. The van der Waals surface area contributed by atoms with Gasteiger partial charge in [-0.2, -0.15) is 0 Å². The fourth-order valence-corrected chi connectivity index (χ4v) is 6.94. The fraction of sp³-hybridized carbons (Fsp3) is 0.438. The fourth-order valence-electron chi connectivity index (χ4n) is 5.79. The van der Waals surface area contributed by atoms with Crippen LogP contribution in [0.3, 0.4) is 0 Å². The Morgan fingerprint density at radius 2 is 1.82 bits per heavy atom. The average molecular weight is 562 g/mol. The highest BCUT2D eigenvalue weighted by atomic mass is 32.2. The summed E-state index contributed by atoms with van der Waals surface area (Å²) < 4.78 is 20.2. The summed E-state index contributed by atoms with van der Waals surface area (Å²) >= 11 is 1.88. The molecule has 40 heavy (non-hydrogen) atoms. The van der Waals surface area contributed by atoms with E-state index in [2.05, 4.69) is 35.5 Å². The number of carbonyl (C=O) groups excluding carboxylic acids is 1. The molecule has 3 atom stereocenters. The molecular weight excluding hydrogens is 522 g/mol. The van der Waals surface area contributed by atoms with E-state index < -0.39 is 0 Å². The van der Waals surface area contributed by atoms with Gasteiger partial charge in [-0.1, -0.05) is 42.3 Å². The summed E-state index contributed by atoms with van der Waals surface area (Å²) in [5.74, 6) is 2.18. The van der Waals surface area contributed by atoms with Gasteiger partial charge in [0.15, 0.2) is 0 Å². The van der Waals surface area contributed by atoms with Gasteiger partial charge in [-0.15, -0.1) is 0 Å². The number of ether oxygens (including phenoxy) is 3. The monoisotopic (exact) mass is 561 g/mol. The molecule has 8 heteroatoms. The lowest BCUT2D eigenvalue weighted by molar-refractivity contribution is 0.0339. The minimum absolute atomic E-state index is 0.0626. The van der Waals surface area contributed by atoms with E-state index in [9.17, 15) is 4.79 Å². The minimum atomic E-state index is -0.258. The van der Waals surface area contributed by atoms with Crippen LogP contribution >= 0.6 is 11.9 Å². The summed E-state index contributed by atoms with van der Waals surface area (Å²) in [4.78, 5) is 20.0. The molecule has 3 unspecified atom stereocenters. The van der Waals surface area contributed by atoms with Gasteiger partial charge in [-0.05, 0) is 74.6 Å². The van der Waals surface area contributed by atoms with Gasteiger partial charge < -0.3 is 19.1 Å². The predicted molar refractivity (Wildman–Crippen MR) is 159 cm³/mol. The van der Waals surface area contributed by atoms with Crippen molar-refractivity contribution in [2.45, 2.75) is 57.6 Å². The smallest absolute Gasteiger partial charge is 0.258 e. The highest BCUT2D eigenvalue weighted by Crippen LogP contribution is 2.39. The quantitative estimate of drug-likeness (QED) is 0.301. The Kier molecular flexibility index (Phi) is 8.98. The third-order valence-electron chi connectivity index (χ3n) is 7.89. The first-order valence-corrected chi connectivity index (χ1v) is 14.9. The van der Waals surface area contributed by atoms with E-state index in [1.165, 1.54) is 17.5 Å². The molecule has 2 saturated heterocycles. The molecule has 0 bridgehead atoms. The Labute approximate surface area is 242 Å². The number of amides is 1. The van der Waals surface area contributed by atoms with Crippen molar-refractivity contribution in [1.29, 1.82) is 0 Å². The van der Waals surface area contributed by atoms with E-state index in [4.69, 9.17) is 19.2 Å². The van der Waals surface area contributed by atoms with E-state index in [0.717, 1.165) is 41.4 Å². The summed E-state index contributed by atoms with van der Waals surface area (Å²) in [5.41, 5.74) is 6.22. The van der Waals surface area contributed by atoms with Crippen LogP contribution in [0, 0.1) is 20.8 Å². The van der Waals surface area contributed by atoms with Gasteiger partial charge in [0.1, 0.15) is 23.7 Å². The van der Waals surface area contributed by atoms with Crippen LogP contribution in [0.2, 0.25) is 0 Å². The minimum Gasteiger partial charge on any atom is -0.496 e. The molecular formula is C32H39N3O4S. The molecule has 2 aliphatic heterocycles. The molecule has 0 saturated carbocycles. The average Bonchev–Trinajstić information content (AvgIpc) is 3.58. The molecule has 3 heterocycles. The van der Waals surface area contributed by atoms with Crippen LogP contribution in [0.15, 0.2) is 54.6 Å². The predicted octanol–water partition coefficient (Wildman–Crippen LogP) is 5.92. The number of carbonyl (C=O) groups is 1. The van der Waals surface area contributed by atoms with Crippen LogP contribution in [0.4, 0.5) is 0 Å². The van der Waals surface area contributed by atoms with Crippen molar-refractivity contribution in [3.8, 4) is 11.5 Å². The van der Waals surface area contributed by atoms with Crippen LogP contribution in [0.25, 0.3) is 0 Å². The largest absolute Gasteiger partial charge is 0.496 e. The first kappa shape index (κ1) is 28.5. The number of pyridine rings is 1. The van der Waals surface area contributed by atoms with Crippen molar-refractivity contribution >= 4 is 17.9 Å². The molecule has 0 N–H and O–H groups in total. The van der Waals surface area contributed by atoms with Gasteiger partial charge in [0.05, 0.1) is 25.8 Å². The van der Waals surface area contributed by atoms with Crippen molar-refractivity contribution in [1.82, 2.24) is 14.2 Å². The van der Waals surface area contributed by atoms with E-state index in [1.807, 2.05) is 56.1 Å². The summed E-state index contributed by atoms with van der Waals surface area (Å²) in [6.07, 6.45) is 1.88. The van der Waals surface area contributed by atoms with Crippen molar-refractivity contribution in [3.05, 3.63) is 88.2 Å². The number of rotatable bonds is 9. The lowest BCUT2D eigenvalue weighted by Crippen LogP contribution is -2.32. The normalized spacial score (nSPS) is 21.1. The van der Waals surface area contributed by atoms with Crippen LogP contribution in [-0.2, 0) is 10.5 Å². The van der Waals surface area contributed by atoms with Gasteiger partial charge in [0, 0.05) is 36.8 Å². The maximum atomic E-state index is 13.5. The maximum absolute atomic E-state index is 13.5. The Morgan fingerprint density at radius 3 is 2.60 bits per heavy atom. The first-order valence-electron chi connectivity index (χ1n) is 13.9. The van der Waals surface area contributed by atoms with E-state index in [-0.39, 0.29) is 18.1 Å². The van der Waals surface area contributed by atoms with Crippen molar-refractivity contribution < 1.29 is 19.0 Å². The number of hydrogen-bond acceptors (Lipinski definition) is 7. The van der Waals surface area contributed by atoms with Gasteiger partial charge in [0.25, 0.3) is 5.91 Å². The molecule has 2 aliphatic rings. The number of aromatic nitrogens is 1. The Bertz CT molecular complexity index is 1350. The topological polar surface area (TPSA) is 64.1 Å². The molecule has 5 rings (SSSR count). The van der Waals surface area contributed by atoms with Gasteiger partial charge >= 0.3 is 0 Å². The summed E-state index contributed by atoms with van der Waals surface area (Å²) in [6, 6.07) is 18.7. The number of likely N-dealkylation sites (tertiary alicyclic amines) is 1. The maximum Gasteiger partial charge on any atom is 0.258 e. The van der Waals surface area contributed by atoms with Crippen molar-refractivity contribution in [2.24, 2.45) is 0 Å². The number of nitrogens with zero attached hydrogens (tertiary/aromatic N) is 3. The second-order valence-electron chi connectivity index (χ2n) is 10.6. The molecule has 0 aliphatic carbocycles. The lowest BCUT2D eigenvalue weighted by Gasteiger charge is -2.25. The second-order valence-corrected chi connectivity index (χ2v) is 11.7. The summed E-state index contributed by atoms with van der Waals surface area (Å²) in [6.45, 7) is 8.09. The van der Waals surface area contributed by atoms with Gasteiger partial charge in [0.2, 0.25) is 0 Å². The highest BCUT2D eigenvalue weighted by molar-refractivity contribution is 7.96. The SMILES string of the molecule is COc1cccc(C)c1C(=O)N1CC(OC)C(Oc2cccc(CSN3CCCC3c3ccc(C)nc3C)c2)C1. The van der Waals surface area contributed by atoms with Crippen molar-refractivity contribution in [3.63, 3.8) is 0 Å². The van der Waals surface area contributed by atoms with Gasteiger partial charge in [-0.25, -0.2) is 4.31 Å². The van der Waals surface area contributed by atoms with Crippen molar-refractivity contribution in [2.75, 3.05) is 33.9 Å². The van der Waals surface area contributed by atoms with Gasteiger partial charge in [-0.3, -0.25) is 9.78 Å². The van der Waals surface area contributed by atoms with Crippen LogP contribution in [0.1, 0.15) is 57.3 Å². The molecule has 1 amide bonds. The number of aryl methyl sites for hydroxylation is 3. The molecule has 212 valence electrons. The van der Waals surface area contributed by atoms with E-state index in [1.54, 1.807) is 19.1 Å². The van der Waals surface area contributed by atoms with Crippen LogP contribution in [-0.4, -0.2) is 66.2 Å². The second kappa shape index (κ2) is 12.6. The molecule has 0 radical (unpaired) electrons. The third kappa shape index (κ3) is 6.14. The highest BCUT2D eigenvalue weighted by Gasteiger charge is 2.38. The lowest BCUT2D eigenvalue weighted by atomic mass is 10.0.